The number of carbonyl (C=O) groups is 1. The molecule has 1 atom stereocenters. The minimum atomic E-state index is -0.0683. The smallest absolute Gasteiger partial charge is 0.256 e. The van der Waals surface area contributed by atoms with Crippen LogP contribution in [0.4, 0.5) is 0 Å². The quantitative estimate of drug-likeness (QED) is 0.775. The lowest BCUT2D eigenvalue weighted by Crippen LogP contribution is -2.40. The van der Waals surface area contributed by atoms with E-state index < -0.39 is 0 Å². The first-order valence-corrected chi connectivity index (χ1v) is 11.8. The molecule has 31 heavy (non-hydrogen) atoms. The van der Waals surface area contributed by atoms with Gasteiger partial charge in [-0.25, -0.2) is 4.98 Å². The Hall–Kier alpha value is -2.47. The van der Waals surface area contributed by atoms with Gasteiger partial charge in [-0.3, -0.25) is 14.5 Å². The fraction of sp³-hybridized carbons (Fsp3) is 0.560. The van der Waals surface area contributed by atoms with E-state index in [1.54, 1.807) is 4.90 Å². The van der Waals surface area contributed by atoms with Gasteiger partial charge in [-0.2, -0.15) is 0 Å². The number of amides is 1. The summed E-state index contributed by atoms with van der Waals surface area (Å²) in [5.41, 5.74) is 4.18. The number of hydrogen-bond acceptors (Lipinski definition) is 4. The third-order valence-electron chi connectivity index (χ3n) is 6.63. The van der Waals surface area contributed by atoms with Crippen LogP contribution in [0.15, 0.2) is 29.1 Å². The topological polar surface area (TPSA) is 69.3 Å². The maximum atomic E-state index is 12.8. The highest BCUT2D eigenvalue weighted by atomic mass is 16.2. The number of hydrogen-bond donors (Lipinski definition) is 1. The van der Waals surface area contributed by atoms with E-state index in [1.165, 1.54) is 11.1 Å². The van der Waals surface area contributed by atoms with E-state index in [0.717, 1.165) is 56.8 Å². The van der Waals surface area contributed by atoms with Crippen LogP contribution in [0, 0.1) is 0 Å². The maximum Gasteiger partial charge on any atom is 0.256 e. The maximum absolute atomic E-state index is 12.8. The normalized spacial score (nSPS) is 19.3. The van der Waals surface area contributed by atoms with Gasteiger partial charge < -0.3 is 9.88 Å². The van der Waals surface area contributed by atoms with Crippen LogP contribution in [0.3, 0.4) is 0 Å². The number of carbonyl (C=O) groups excluding carboxylic acids is 1. The molecule has 0 bridgehead atoms. The van der Waals surface area contributed by atoms with Crippen LogP contribution in [0.25, 0.3) is 0 Å². The van der Waals surface area contributed by atoms with Gasteiger partial charge in [0.1, 0.15) is 5.82 Å². The SMILES string of the molecule is CCCC(=O)N1CCc2nc([C@H]3CCCN(Cc4ccc(CC)cc4)C3)[nH]c(=O)c2C1. The zero-order valence-corrected chi connectivity index (χ0v) is 18.8. The molecule has 0 radical (unpaired) electrons. The van der Waals surface area contributed by atoms with Crippen molar-refractivity contribution >= 4 is 5.91 Å². The molecule has 0 spiro atoms. The molecule has 6 heteroatoms. The number of aromatic amines is 1. The summed E-state index contributed by atoms with van der Waals surface area (Å²) in [4.78, 5) is 37.3. The molecule has 4 rings (SSSR count). The molecule has 1 N–H and O–H groups in total. The van der Waals surface area contributed by atoms with E-state index in [2.05, 4.69) is 41.1 Å². The molecule has 1 saturated heterocycles. The van der Waals surface area contributed by atoms with Crippen molar-refractivity contribution in [3.63, 3.8) is 0 Å². The Bertz CT molecular complexity index is 966. The summed E-state index contributed by atoms with van der Waals surface area (Å²) in [6.45, 7) is 8.16. The average molecular weight is 423 g/mol. The highest BCUT2D eigenvalue weighted by molar-refractivity contribution is 5.76. The van der Waals surface area contributed by atoms with Gasteiger partial charge in [0.2, 0.25) is 5.91 Å². The summed E-state index contributed by atoms with van der Waals surface area (Å²) in [5.74, 6) is 1.20. The molecule has 166 valence electrons. The number of aryl methyl sites for hydroxylation is 1. The van der Waals surface area contributed by atoms with Crippen molar-refractivity contribution in [2.24, 2.45) is 0 Å². The first kappa shape index (κ1) is 21.8. The predicted molar refractivity (Wildman–Crippen MR) is 122 cm³/mol. The number of rotatable bonds is 6. The van der Waals surface area contributed by atoms with E-state index in [0.29, 0.717) is 31.5 Å². The Balaban J connectivity index is 1.45. The lowest BCUT2D eigenvalue weighted by Gasteiger charge is -2.33. The molecule has 6 nitrogen and oxygen atoms in total. The Morgan fingerprint density at radius 2 is 1.94 bits per heavy atom. The average Bonchev–Trinajstić information content (AvgIpc) is 2.79. The number of nitrogens with one attached hydrogen (secondary N) is 1. The summed E-state index contributed by atoms with van der Waals surface area (Å²) in [6, 6.07) is 8.89. The van der Waals surface area contributed by atoms with Gasteiger partial charge in [-0.05, 0) is 43.4 Å². The van der Waals surface area contributed by atoms with Crippen molar-refractivity contribution < 1.29 is 4.79 Å². The number of benzene rings is 1. The van der Waals surface area contributed by atoms with Gasteiger partial charge in [0.25, 0.3) is 5.56 Å². The molecular formula is C25H34N4O2. The van der Waals surface area contributed by atoms with Crippen LogP contribution in [0.1, 0.15) is 73.7 Å². The van der Waals surface area contributed by atoms with Crippen LogP contribution < -0.4 is 5.56 Å². The molecule has 2 aliphatic heterocycles. The van der Waals surface area contributed by atoms with Crippen LogP contribution in [0.2, 0.25) is 0 Å². The first-order chi connectivity index (χ1) is 15.1. The molecular weight excluding hydrogens is 388 g/mol. The van der Waals surface area contributed by atoms with E-state index in [-0.39, 0.29) is 17.4 Å². The monoisotopic (exact) mass is 422 g/mol. The number of aromatic nitrogens is 2. The van der Waals surface area contributed by atoms with Gasteiger partial charge in [-0.15, -0.1) is 0 Å². The number of fused-ring (bicyclic) bond motifs is 1. The van der Waals surface area contributed by atoms with E-state index in [1.807, 2.05) is 6.92 Å². The molecule has 1 fully saturated rings. The second-order valence-corrected chi connectivity index (χ2v) is 8.94. The van der Waals surface area contributed by atoms with Crippen molar-refractivity contribution in [2.45, 2.75) is 71.4 Å². The predicted octanol–water partition coefficient (Wildman–Crippen LogP) is 3.40. The molecule has 0 aliphatic carbocycles. The second-order valence-electron chi connectivity index (χ2n) is 8.94. The molecule has 1 amide bonds. The fourth-order valence-electron chi connectivity index (χ4n) is 4.78. The van der Waals surface area contributed by atoms with Crippen molar-refractivity contribution in [2.75, 3.05) is 19.6 Å². The zero-order chi connectivity index (χ0) is 21.8. The summed E-state index contributed by atoms with van der Waals surface area (Å²) < 4.78 is 0. The third-order valence-corrected chi connectivity index (χ3v) is 6.63. The summed E-state index contributed by atoms with van der Waals surface area (Å²) in [5, 5.41) is 0. The van der Waals surface area contributed by atoms with Gasteiger partial charge in [0.15, 0.2) is 0 Å². The summed E-state index contributed by atoms with van der Waals surface area (Å²) in [6.07, 6.45) is 5.26. The molecule has 1 aromatic heterocycles. The van der Waals surface area contributed by atoms with Gasteiger partial charge in [0.05, 0.1) is 17.8 Å². The van der Waals surface area contributed by atoms with Crippen LogP contribution in [0.5, 0.6) is 0 Å². The van der Waals surface area contributed by atoms with Crippen molar-refractivity contribution in [1.82, 2.24) is 19.8 Å². The van der Waals surface area contributed by atoms with Crippen molar-refractivity contribution in [1.29, 1.82) is 0 Å². The fourth-order valence-corrected chi connectivity index (χ4v) is 4.78. The summed E-state index contributed by atoms with van der Waals surface area (Å²) >= 11 is 0. The molecule has 0 saturated carbocycles. The highest BCUT2D eigenvalue weighted by Crippen LogP contribution is 2.26. The molecule has 1 aromatic carbocycles. The molecule has 3 heterocycles. The number of H-pyrrole nitrogens is 1. The van der Waals surface area contributed by atoms with Gasteiger partial charge in [-0.1, -0.05) is 38.1 Å². The number of nitrogens with zero attached hydrogens (tertiary/aromatic N) is 3. The Kier molecular flexibility index (Phi) is 6.86. The minimum Gasteiger partial charge on any atom is -0.338 e. The van der Waals surface area contributed by atoms with Crippen LogP contribution >= 0.6 is 0 Å². The third kappa shape index (κ3) is 5.06. The highest BCUT2D eigenvalue weighted by Gasteiger charge is 2.28. The lowest BCUT2D eigenvalue weighted by molar-refractivity contribution is -0.132. The van der Waals surface area contributed by atoms with Gasteiger partial charge in [0, 0.05) is 38.4 Å². The Labute approximate surface area is 184 Å². The van der Waals surface area contributed by atoms with E-state index in [4.69, 9.17) is 4.98 Å². The lowest BCUT2D eigenvalue weighted by atomic mass is 9.95. The standard InChI is InChI=1S/C25H34N4O2/c1-3-6-23(30)29-14-12-22-21(17-29)25(31)27-24(26-22)20-7-5-13-28(16-20)15-19-10-8-18(4-2)9-11-19/h8-11,20H,3-7,12-17H2,1-2H3,(H,26,27,31)/t20-/m0/s1. The Morgan fingerprint density at radius 1 is 1.16 bits per heavy atom. The van der Waals surface area contributed by atoms with Crippen LogP contribution in [-0.4, -0.2) is 45.3 Å². The number of likely N-dealkylation sites (tertiary alicyclic amines) is 1. The van der Waals surface area contributed by atoms with Crippen molar-refractivity contribution in [3.8, 4) is 0 Å². The number of piperidine rings is 1. The van der Waals surface area contributed by atoms with E-state index >= 15 is 0 Å². The molecule has 0 unspecified atom stereocenters. The molecule has 2 aliphatic rings. The van der Waals surface area contributed by atoms with Gasteiger partial charge >= 0.3 is 0 Å². The second kappa shape index (κ2) is 9.77. The summed E-state index contributed by atoms with van der Waals surface area (Å²) in [7, 11) is 0. The molecule has 2 aromatic rings. The first-order valence-electron chi connectivity index (χ1n) is 11.8. The largest absolute Gasteiger partial charge is 0.338 e. The Morgan fingerprint density at radius 3 is 2.68 bits per heavy atom. The van der Waals surface area contributed by atoms with Crippen LogP contribution in [-0.2, 0) is 30.7 Å². The minimum absolute atomic E-state index is 0.0683. The zero-order valence-electron chi connectivity index (χ0n) is 18.8. The van der Waals surface area contributed by atoms with E-state index in [9.17, 15) is 9.59 Å². The van der Waals surface area contributed by atoms with Crippen molar-refractivity contribution in [3.05, 3.63) is 62.8 Å².